The number of benzene rings is 2. The van der Waals surface area contributed by atoms with Gasteiger partial charge in [0, 0.05) is 29.0 Å². The Kier molecular flexibility index (Phi) is 9.96. The van der Waals surface area contributed by atoms with E-state index in [4.69, 9.17) is 4.74 Å². The lowest BCUT2D eigenvalue weighted by Gasteiger charge is -2.28. The standard InChI is InChI=1S/C37H38O11/c1-17(2)7-9-19(20-13-25(40)30-23(38)10-11-24(39)32(30)34(20)44)21-14-26(41)31-27(42)15-22(36(46)33(31)35(21)45)28(12-8-18(3)4)48-29(43)16-37(5,6)47/h7-8,10-11,13-15,19,28,38-39,41,45,47H,9,12,16H2,1-6H3/t19-,28-/m1/s1. The van der Waals surface area contributed by atoms with E-state index in [1.807, 2.05) is 0 Å². The van der Waals surface area contributed by atoms with Crippen LogP contribution in [0, 0.1) is 0 Å². The van der Waals surface area contributed by atoms with Crippen molar-refractivity contribution < 1.29 is 54.2 Å². The number of ketones is 4. The minimum absolute atomic E-state index is 0.0174. The second kappa shape index (κ2) is 13.4. The molecule has 0 heterocycles. The van der Waals surface area contributed by atoms with Gasteiger partial charge in [0.2, 0.25) is 0 Å². The number of hydrogen-bond acceptors (Lipinski definition) is 11. The number of Topliss-reactive ketones (excluding diaryl/α,β-unsaturated/α-hetero) is 2. The van der Waals surface area contributed by atoms with Crippen molar-refractivity contribution in [3.05, 3.63) is 92.6 Å². The van der Waals surface area contributed by atoms with E-state index >= 15 is 0 Å². The van der Waals surface area contributed by atoms with Crippen LogP contribution in [0.3, 0.4) is 0 Å². The van der Waals surface area contributed by atoms with E-state index in [9.17, 15) is 49.5 Å². The Morgan fingerprint density at radius 2 is 1.25 bits per heavy atom. The maximum absolute atomic E-state index is 14.1. The number of allylic oxidation sites excluding steroid dienone is 6. The van der Waals surface area contributed by atoms with Gasteiger partial charge in [0.15, 0.2) is 23.1 Å². The highest BCUT2D eigenvalue weighted by Gasteiger charge is 2.40. The van der Waals surface area contributed by atoms with Crippen LogP contribution in [0.4, 0.5) is 0 Å². The molecule has 0 amide bonds. The summed E-state index contributed by atoms with van der Waals surface area (Å²) in [5.74, 6) is -7.89. The van der Waals surface area contributed by atoms with Crippen molar-refractivity contribution in [2.24, 2.45) is 0 Å². The second-order valence-corrected chi connectivity index (χ2v) is 13.1. The Hall–Kier alpha value is -5.29. The molecule has 0 spiro atoms. The summed E-state index contributed by atoms with van der Waals surface area (Å²) in [5.41, 5.74) is -2.35. The summed E-state index contributed by atoms with van der Waals surface area (Å²) in [6.07, 6.45) is 3.55. The molecule has 2 aromatic carbocycles. The molecule has 0 bridgehead atoms. The summed E-state index contributed by atoms with van der Waals surface area (Å²) in [5, 5.41) is 53.7. The number of ether oxygens (including phenoxy) is 1. The van der Waals surface area contributed by atoms with Crippen molar-refractivity contribution in [2.45, 2.75) is 78.4 Å². The van der Waals surface area contributed by atoms with Crippen LogP contribution in [-0.2, 0) is 9.53 Å². The van der Waals surface area contributed by atoms with E-state index in [-0.39, 0.29) is 35.1 Å². The Bertz CT molecular complexity index is 1870. The van der Waals surface area contributed by atoms with Crippen LogP contribution in [0.15, 0.2) is 64.8 Å². The maximum Gasteiger partial charge on any atom is 0.309 e. The molecular formula is C37H38O11. The molecule has 2 atom stereocenters. The van der Waals surface area contributed by atoms with E-state index in [2.05, 4.69) is 0 Å². The third-order valence-corrected chi connectivity index (χ3v) is 7.96. The molecule has 0 unspecified atom stereocenters. The van der Waals surface area contributed by atoms with Crippen LogP contribution in [-0.4, -0.2) is 66.3 Å². The number of rotatable bonds is 10. The highest BCUT2D eigenvalue weighted by molar-refractivity contribution is 6.28. The molecule has 2 aliphatic rings. The molecule has 0 fully saturated rings. The largest absolute Gasteiger partial charge is 0.507 e. The molecule has 0 saturated carbocycles. The van der Waals surface area contributed by atoms with Crippen LogP contribution < -0.4 is 0 Å². The molecule has 0 aliphatic heterocycles. The van der Waals surface area contributed by atoms with Crippen molar-refractivity contribution in [3.8, 4) is 23.0 Å². The fourth-order valence-corrected chi connectivity index (χ4v) is 5.73. The number of carbonyl (C=O) groups excluding carboxylic acids is 5. The molecular weight excluding hydrogens is 620 g/mol. The van der Waals surface area contributed by atoms with Crippen LogP contribution in [0.25, 0.3) is 0 Å². The predicted octanol–water partition coefficient (Wildman–Crippen LogP) is 5.69. The summed E-state index contributed by atoms with van der Waals surface area (Å²) in [4.78, 5) is 67.2. The summed E-state index contributed by atoms with van der Waals surface area (Å²) in [6, 6.07) is 3.18. The van der Waals surface area contributed by atoms with E-state index in [0.717, 1.165) is 41.5 Å². The van der Waals surface area contributed by atoms with Gasteiger partial charge in [0.05, 0.1) is 34.3 Å². The van der Waals surface area contributed by atoms with Crippen molar-refractivity contribution in [3.63, 3.8) is 0 Å². The van der Waals surface area contributed by atoms with Gasteiger partial charge in [-0.2, -0.15) is 0 Å². The molecule has 11 nitrogen and oxygen atoms in total. The minimum atomic E-state index is -1.42. The van der Waals surface area contributed by atoms with Gasteiger partial charge in [0.25, 0.3) is 0 Å². The highest BCUT2D eigenvalue weighted by atomic mass is 16.5. The van der Waals surface area contributed by atoms with Gasteiger partial charge in [0.1, 0.15) is 29.1 Å². The Labute approximate surface area is 277 Å². The number of esters is 1. The lowest BCUT2D eigenvalue weighted by molar-refractivity contribution is -0.151. The van der Waals surface area contributed by atoms with Gasteiger partial charge < -0.3 is 30.3 Å². The first-order valence-electron chi connectivity index (χ1n) is 15.3. The lowest BCUT2D eigenvalue weighted by atomic mass is 9.76. The molecule has 0 saturated heterocycles. The van der Waals surface area contributed by atoms with Crippen molar-refractivity contribution in [2.75, 3.05) is 0 Å². The number of aliphatic hydroxyl groups is 1. The topological polar surface area (TPSA) is 196 Å². The molecule has 252 valence electrons. The molecule has 4 rings (SSSR count). The fraction of sp³-hybridized carbons (Fsp3) is 0.324. The Morgan fingerprint density at radius 3 is 1.81 bits per heavy atom. The smallest absolute Gasteiger partial charge is 0.309 e. The maximum atomic E-state index is 14.1. The molecule has 48 heavy (non-hydrogen) atoms. The normalized spacial score (nSPS) is 15.5. The van der Waals surface area contributed by atoms with E-state index < -0.39 is 92.8 Å². The summed E-state index contributed by atoms with van der Waals surface area (Å²) < 4.78 is 5.57. The molecule has 11 heteroatoms. The predicted molar refractivity (Wildman–Crippen MR) is 175 cm³/mol. The summed E-state index contributed by atoms with van der Waals surface area (Å²) in [6.45, 7) is 9.91. The Morgan fingerprint density at radius 1 is 0.750 bits per heavy atom. The Balaban J connectivity index is 1.88. The second-order valence-electron chi connectivity index (χ2n) is 13.1. The van der Waals surface area contributed by atoms with Crippen molar-refractivity contribution in [1.82, 2.24) is 0 Å². The SMILES string of the molecule is CC(C)=CC[C@H](C1=CC(=O)c2c(O)ccc(O)c2C1=O)c1cc(O)c2c(c1O)C(=O)C([C@@H](CC=C(C)C)OC(=O)CC(C)(C)O)=CC2=O. The van der Waals surface area contributed by atoms with Gasteiger partial charge >= 0.3 is 5.97 Å². The van der Waals surface area contributed by atoms with Gasteiger partial charge in [-0.3, -0.25) is 24.0 Å². The number of aromatic hydroxyl groups is 4. The first-order chi connectivity index (χ1) is 22.3. The van der Waals surface area contributed by atoms with E-state index in [0.29, 0.717) is 0 Å². The van der Waals surface area contributed by atoms with E-state index in [1.165, 1.54) is 13.8 Å². The van der Waals surface area contributed by atoms with Crippen LogP contribution in [0.2, 0.25) is 0 Å². The highest BCUT2D eigenvalue weighted by Crippen LogP contribution is 2.47. The molecule has 2 aliphatic carbocycles. The van der Waals surface area contributed by atoms with Gasteiger partial charge in [-0.15, -0.1) is 0 Å². The van der Waals surface area contributed by atoms with Crippen molar-refractivity contribution >= 4 is 29.1 Å². The number of phenolic OH excluding ortho intramolecular Hbond substituents is 4. The van der Waals surface area contributed by atoms with Crippen LogP contribution in [0.1, 0.15) is 114 Å². The molecule has 0 radical (unpaired) electrons. The summed E-state index contributed by atoms with van der Waals surface area (Å²) in [7, 11) is 0. The van der Waals surface area contributed by atoms with Crippen LogP contribution in [0.5, 0.6) is 23.0 Å². The number of hydrogen-bond donors (Lipinski definition) is 5. The fourth-order valence-electron chi connectivity index (χ4n) is 5.73. The third kappa shape index (κ3) is 7.16. The quantitative estimate of drug-likeness (QED) is 0.120. The number of carbonyl (C=O) groups is 5. The molecule has 5 N–H and O–H groups in total. The average molecular weight is 659 g/mol. The monoisotopic (exact) mass is 658 g/mol. The first-order valence-corrected chi connectivity index (χ1v) is 15.3. The summed E-state index contributed by atoms with van der Waals surface area (Å²) >= 11 is 0. The average Bonchev–Trinajstić information content (AvgIpc) is 2.96. The first kappa shape index (κ1) is 35.6. The van der Waals surface area contributed by atoms with Crippen molar-refractivity contribution in [1.29, 1.82) is 0 Å². The van der Waals surface area contributed by atoms with Gasteiger partial charge in [-0.05, 0) is 78.3 Å². The third-order valence-electron chi connectivity index (χ3n) is 7.96. The van der Waals surface area contributed by atoms with Gasteiger partial charge in [-0.25, -0.2) is 0 Å². The van der Waals surface area contributed by atoms with Crippen LogP contribution >= 0.6 is 0 Å². The minimum Gasteiger partial charge on any atom is -0.507 e. The van der Waals surface area contributed by atoms with E-state index in [1.54, 1.807) is 39.8 Å². The number of phenols is 4. The number of fused-ring (bicyclic) bond motifs is 2. The zero-order valence-electron chi connectivity index (χ0n) is 27.5. The lowest BCUT2D eigenvalue weighted by Crippen LogP contribution is -2.32. The zero-order chi connectivity index (χ0) is 35.8. The van der Waals surface area contributed by atoms with Gasteiger partial charge in [-0.1, -0.05) is 23.3 Å². The zero-order valence-corrected chi connectivity index (χ0v) is 27.5. The molecule has 0 aromatic heterocycles. The molecule has 2 aromatic rings.